The molecule has 0 amide bonds. The minimum Gasteiger partial charge on any atom is -0.462 e. The van der Waals surface area contributed by atoms with Crippen molar-refractivity contribution in [1.82, 2.24) is 0 Å². The second kappa shape index (κ2) is 34.8. The summed E-state index contributed by atoms with van der Waals surface area (Å²) in [6, 6.07) is 31.0. The molecule has 0 bridgehead atoms. The molecule has 406 valence electrons. The fourth-order valence-corrected chi connectivity index (χ4v) is 10.4. The second-order valence-corrected chi connectivity index (χ2v) is 21.1. The molecule has 0 fully saturated rings. The lowest BCUT2D eigenvalue weighted by Crippen LogP contribution is -2.62. The van der Waals surface area contributed by atoms with Crippen molar-refractivity contribution in [3.8, 4) is 0 Å². The number of hydrogen-bond acceptors (Lipinski definition) is 10. The second-order valence-electron chi connectivity index (χ2n) is 21.1. The number of anilines is 2. The standard InChI is InChI=1S/C65H92N6O4/c1-3-5-7-9-11-13-15-17-19-21-23-25-27-29-31-38-51-74-63(72)65(64(73)75-52-39-32-30-28-26-24-22-20-18-16-14-12-10-8-6-4-2)66-58-46-40-45-56-57(49-50-59(67-65)61(56)58)69-70-60-48-47-53-41-36-37-44-55(53)62(60)71-68-54-42-34-33-35-43-54/h33-37,40-50,66-67H,3-32,38-39,51-52H2,1-2H3/b70-69+,71-68+. The molecule has 0 saturated heterocycles. The number of nitrogens with one attached hydrogen (secondary N) is 2. The summed E-state index contributed by atoms with van der Waals surface area (Å²) in [6.45, 7) is 5.01. The predicted molar refractivity (Wildman–Crippen MR) is 314 cm³/mol. The SMILES string of the molecule is CCCCCCCCCCCCCCCCCCOC(=O)C1(C(=O)OCCCCCCCCCCCCCCCCCC)Nc2cccc3c(/N=N/c4ccc5ccccc5c4/N=N/c4ccccc4)ccc(c23)N1. The van der Waals surface area contributed by atoms with Gasteiger partial charge in [-0.05, 0) is 54.6 Å². The maximum Gasteiger partial charge on any atom is 0.365 e. The number of nitrogens with zero attached hydrogens (tertiary/aromatic N) is 4. The van der Waals surface area contributed by atoms with E-state index in [4.69, 9.17) is 19.7 Å². The van der Waals surface area contributed by atoms with Gasteiger partial charge in [0.25, 0.3) is 0 Å². The number of rotatable bonds is 40. The third-order valence-corrected chi connectivity index (χ3v) is 14.9. The van der Waals surface area contributed by atoms with E-state index >= 15 is 0 Å². The fraction of sp³-hybridized carbons (Fsp3) is 0.569. The zero-order chi connectivity index (χ0) is 52.4. The van der Waals surface area contributed by atoms with Crippen molar-refractivity contribution in [3.63, 3.8) is 0 Å². The number of ether oxygens (including phenoxy) is 2. The molecule has 6 rings (SSSR count). The van der Waals surface area contributed by atoms with Crippen LogP contribution >= 0.6 is 0 Å². The lowest BCUT2D eigenvalue weighted by atomic mass is 9.98. The summed E-state index contributed by atoms with van der Waals surface area (Å²) in [5, 5.41) is 28.8. The van der Waals surface area contributed by atoms with Crippen molar-refractivity contribution >= 4 is 67.6 Å². The highest BCUT2D eigenvalue weighted by molar-refractivity contribution is 6.18. The Morgan fingerprint density at radius 3 is 1.31 bits per heavy atom. The van der Waals surface area contributed by atoms with Gasteiger partial charge >= 0.3 is 17.6 Å². The molecule has 2 N–H and O–H groups in total. The zero-order valence-electron chi connectivity index (χ0n) is 46.2. The highest BCUT2D eigenvalue weighted by Gasteiger charge is 2.52. The first-order valence-electron chi connectivity index (χ1n) is 29.9. The van der Waals surface area contributed by atoms with Crippen molar-refractivity contribution in [2.75, 3.05) is 23.8 Å². The lowest BCUT2D eigenvalue weighted by molar-refractivity contribution is -0.161. The number of carbonyl (C=O) groups is 2. The summed E-state index contributed by atoms with van der Waals surface area (Å²) in [5.41, 5.74) is 1.78. The number of hydrogen-bond donors (Lipinski definition) is 2. The van der Waals surface area contributed by atoms with E-state index in [2.05, 4.69) is 34.7 Å². The van der Waals surface area contributed by atoms with Gasteiger partial charge in [-0.15, -0.1) is 15.3 Å². The van der Waals surface area contributed by atoms with E-state index in [0.29, 0.717) is 28.4 Å². The quantitative estimate of drug-likeness (QED) is 0.0174. The van der Waals surface area contributed by atoms with Crippen molar-refractivity contribution in [2.45, 2.75) is 225 Å². The van der Waals surface area contributed by atoms with Crippen LogP contribution in [0.5, 0.6) is 0 Å². The van der Waals surface area contributed by atoms with Crippen LogP contribution in [0.3, 0.4) is 0 Å². The van der Waals surface area contributed by atoms with Gasteiger partial charge in [0.1, 0.15) is 11.4 Å². The number of benzene rings is 5. The van der Waals surface area contributed by atoms with E-state index in [0.717, 1.165) is 65.8 Å². The molecule has 10 heteroatoms. The van der Waals surface area contributed by atoms with E-state index in [9.17, 15) is 9.59 Å². The predicted octanol–water partition coefficient (Wildman–Crippen LogP) is 21.0. The Morgan fingerprint density at radius 2 is 0.800 bits per heavy atom. The summed E-state index contributed by atoms with van der Waals surface area (Å²) in [7, 11) is 0. The lowest BCUT2D eigenvalue weighted by Gasteiger charge is -2.37. The maximum absolute atomic E-state index is 14.3. The molecular weight excluding hydrogens is 929 g/mol. The number of esters is 2. The van der Waals surface area contributed by atoms with Gasteiger partial charge in [0.2, 0.25) is 0 Å². The molecule has 75 heavy (non-hydrogen) atoms. The van der Waals surface area contributed by atoms with Crippen LogP contribution in [-0.4, -0.2) is 30.8 Å². The number of unbranched alkanes of at least 4 members (excludes halogenated alkanes) is 30. The summed E-state index contributed by atoms with van der Waals surface area (Å²) >= 11 is 0. The summed E-state index contributed by atoms with van der Waals surface area (Å²) < 4.78 is 11.9. The maximum atomic E-state index is 14.3. The van der Waals surface area contributed by atoms with Gasteiger partial charge in [0.15, 0.2) is 0 Å². The number of carbonyl (C=O) groups excluding carboxylic acids is 2. The minimum atomic E-state index is -1.96. The van der Waals surface area contributed by atoms with Crippen molar-refractivity contribution in [2.24, 2.45) is 20.5 Å². The molecule has 0 aliphatic carbocycles. The molecule has 0 unspecified atom stereocenters. The minimum absolute atomic E-state index is 0.229. The smallest absolute Gasteiger partial charge is 0.365 e. The topological polar surface area (TPSA) is 126 Å². The van der Waals surface area contributed by atoms with Gasteiger partial charge in [-0.2, -0.15) is 5.11 Å². The molecule has 5 aromatic rings. The molecule has 0 aromatic heterocycles. The van der Waals surface area contributed by atoms with Crippen LogP contribution in [0.2, 0.25) is 0 Å². The van der Waals surface area contributed by atoms with Crippen LogP contribution in [-0.2, 0) is 19.1 Å². The Labute approximate surface area is 451 Å². The van der Waals surface area contributed by atoms with E-state index in [-0.39, 0.29) is 13.2 Å². The van der Waals surface area contributed by atoms with Crippen LogP contribution in [0.15, 0.2) is 118 Å². The van der Waals surface area contributed by atoms with Crippen molar-refractivity contribution in [3.05, 3.63) is 97.1 Å². The first-order valence-corrected chi connectivity index (χ1v) is 29.9. The molecule has 0 saturated carbocycles. The summed E-state index contributed by atoms with van der Waals surface area (Å²) in [5.74, 6) is -1.39. The Bertz CT molecular complexity index is 2410. The van der Waals surface area contributed by atoms with E-state index in [1.54, 1.807) is 0 Å². The summed E-state index contributed by atoms with van der Waals surface area (Å²) in [6.07, 6.45) is 40.5. The normalized spacial score (nSPS) is 12.9. The first-order chi connectivity index (χ1) is 37.0. The third kappa shape index (κ3) is 19.8. The Kier molecular flexibility index (Phi) is 27.2. The molecule has 0 atom stereocenters. The molecule has 5 aromatic carbocycles. The summed E-state index contributed by atoms with van der Waals surface area (Å²) in [4.78, 5) is 28.7. The average molecular weight is 1020 g/mol. The van der Waals surface area contributed by atoms with E-state index < -0.39 is 17.6 Å². The molecular formula is C65H92N6O4. The van der Waals surface area contributed by atoms with Crippen molar-refractivity contribution in [1.29, 1.82) is 0 Å². The van der Waals surface area contributed by atoms with Crippen LogP contribution in [0.25, 0.3) is 21.5 Å². The van der Waals surface area contributed by atoms with Gasteiger partial charge < -0.3 is 20.1 Å². The Hall–Kier alpha value is -5.64. The van der Waals surface area contributed by atoms with Crippen LogP contribution in [0.1, 0.15) is 219 Å². The van der Waals surface area contributed by atoms with Gasteiger partial charge in [-0.3, -0.25) is 0 Å². The Morgan fingerprint density at radius 1 is 0.387 bits per heavy atom. The third-order valence-electron chi connectivity index (χ3n) is 14.9. The number of fused-ring (bicyclic) bond motifs is 1. The van der Waals surface area contributed by atoms with Crippen LogP contribution in [0, 0.1) is 0 Å². The number of azo groups is 2. The highest BCUT2D eigenvalue weighted by Crippen LogP contribution is 2.44. The molecule has 0 radical (unpaired) electrons. The first kappa shape index (κ1) is 58.6. The van der Waals surface area contributed by atoms with Crippen LogP contribution < -0.4 is 10.6 Å². The molecule has 1 aliphatic heterocycles. The van der Waals surface area contributed by atoms with Gasteiger partial charge in [0.05, 0.1) is 24.6 Å². The van der Waals surface area contributed by atoms with E-state index in [1.165, 1.54) is 167 Å². The van der Waals surface area contributed by atoms with E-state index in [1.807, 2.05) is 97.1 Å². The molecule has 0 spiro atoms. The molecule has 10 nitrogen and oxygen atoms in total. The van der Waals surface area contributed by atoms with Crippen LogP contribution in [0.4, 0.5) is 34.1 Å². The van der Waals surface area contributed by atoms with Gasteiger partial charge in [-0.1, -0.05) is 267 Å². The zero-order valence-corrected chi connectivity index (χ0v) is 46.2. The van der Waals surface area contributed by atoms with Gasteiger partial charge in [-0.25, -0.2) is 9.59 Å². The highest BCUT2D eigenvalue weighted by atomic mass is 16.6. The molecule has 1 heterocycles. The largest absolute Gasteiger partial charge is 0.462 e. The van der Waals surface area contributed by atoms with Gasteiger partial charge in [0, 0.05) is 27.5 Å². The molecule has 1 aliphatic rings. The monoisotopic (exact) mass is 1020 g/mol. The Balaban J connectivity index is 1.03. The van der Waals surface area contributed by atoms with Crippen molar-refractivity contribution < 1.29 is 19.1 Å². The fourth-order valence-electron chi connectivity index (χ4n) is 10.4. The average Bonchev–Trinajstić information content (AvgIpc) is 3.44.